The van der Waals surface area contributed by atoms with E-state index in [0.29, 0.717) is 11.3 Å². The molecule has 2 atom stereocenters. The first-order valence-electron chi connectivity index (χ1n) is 6.34. The lowest BCUT2D eigenvalue weighted by atomic mass is 10.1. The molecule has 2 unspecified atom stereocenters. The molecule has 0 bridgehead atoms. The molecule has 1 fully saturated rings. The molecule has 1 aromatic rings. The Balaban J connectivity index is 2.19. The molecule has 0 aromatic heterocycles. The first-order valence-corrected chi connectivity index (χ1v) is 7.76. The minimum absolute atomic E-state index is 0.512. The monoisotopic (exact) mass is 285 g/mol. The zero-order valence-electron chi connectivity index (χ0n) is 11.1. The molecular formula is C14H20ClNOS. The average Bonchev–Trinajstić information content (AvgIpc) is 2.36. The topological polar surface area (TPSA) is 21.3 Å². The Morgan fingerprint density at radius 1 is 1.44 bits per heavy atom. The van der Waals surface area contributed by atoms with Gasteiger partial charge in [-0.15, -0.1) is 0 Å². The number of benzene rings is 1. The molecule has 1 aromatic carbocycles. The van der Waals surface area contributed by atoms with Gasteiger partial charge in [-0.3, -0.25) is 0 Å². The largest absolute Gasteiger partial charge is 0.495 e. The zero-order chi connectivity index (χ0) is 13.1. The SMILES string of the molecule is COc1cc(Cl)c(C)cc1NC1CCCSC1C. The Kier molecular flexibility index (Phi) is 4.68. The van der Waals surface area contributed by atoms with Crippen molar-refractivity contribution in [1.29, 1.82) is 0 Å². The lowest BCUT2D eigenvalue weighted by molar-refractivity contribution is 0.415. The van der Waals surface area contributed by atoms with Gasteiger partial charge in [0.15, 0.2) is 0 Å². The van der Waals surface area contributed by atoms with Crippen LogP contribution in [0.3, 0.4) is 0 Å². The van der Waals surface area contributed by atoms with E-state index in [4.69, 9.17) is 16.3 Å². The van der Waals surface area contributed by atoms with Crippen molar-refractivity contribution in [2.45, 2.75) is 38.0 Å². The van der Waals surface area contributed by atoms with Gasteiger partial charge in [-0.05, 0) is 37.1 Å². The van der Waals surface area contributed by atoms with E-state index in [1.807, 2.05) is 24.8 Å². The van der Waals surface area contributed by atoms with Crippen LogP contribution in [0.15, 0.2) is 12.1 Å². The lowest BCUT2D eigenvalue weighted by Gasteiger charge is -2.30. The second kappa shape index (κ2) is 6.07. The fourth-order valence-electron chi connectivity index (χ4n) is 2.26. The van der Waals surface area contributed by atoms with E-state index in [1.54, 1.807) is 7.11 Å². The number of nitrogens with one attached hydrogen (secondary N) is 1. The van der Waals surface area contributed by atoms with E-state index in [9.17, 15) is 0 Å². The van der Waals surface area contributed by atoms with Gasteiger partial charge in [-0.2, -0.15) is 11.8 Å². The van der Waals surface area contributed by atoms with Gasteiger partial charge in [0.1, 0.15) is 5.75 Å². The van der Waals surface area contributed by atoms with Crippen molar-refractivity contribution >= 4 is 29.1 Å². The molecule has 1 aliphatic heterocycles. The number of anilines is 1. The Morgan fingerprint density at radius 2 is 2.22 bits per heavy atom. The van der Waals surface area contributed by atoms with Gasteiger partial charge in [0.05, 0.1) is 12.8 Å². The smallest absolute Gasteiger partial charge is 0.143 e. The highest BCUT2D eigenvalue weighted by atomic mass is 35.5. The number of aryl methyl sites for hydroxylation is 1. The van der Waals surface area contributed by atoms with E-state index in [0.717, 1.165) is 22.0 Å². The molecule has 0 saturated carbocycles. The maximum absolute atomic E-state index is 6.12. The fourth-order valence-corrected chi connectivity index (χ4v) is 3.55. The van der Waals surface area contributed by atoms with Crippen LogP contribution in [-0.4, -0.2) is 24.2 Å². The molecule has 2 rings (SSSR count). The van der Waals surface area contributed by atoms with Crippen LogP contribution in [0.1, 0.15) is 25.3 Å². The van der Waals surface area contributed by atoms with Gasteiger partial charge in [-0.25, -0.2) is 0 Å². The van der Waals surface area contributed by atoms with Crippen molar-refractivity contribution < 1.29 is 4.74 Å². The molecular weight excluding hydrogens is 266 g/mol. The molecule has 1 saturated heterocycles. The van der Waals surface area contributed by atoms with Crippen molar-refractivity contribution in [1.82, 2.24) is 0 Å². The van der Waals surface area contributed by atoms with Crippen LogP contribution in [0, 0.1) is 6.92 Å². The minimum atomic E-state index is 0.512. The number of thioether (sulfide) groups is 1. The predicted octanol–water partition coefficient (Wildman–Crippen LogP) is 4.35. The fraction of sp³-hybridized carbons (Fsp3) is 0.571. The van der Waals surface area contributed by atoms with Crippen molar-refractivity contribution in [3.05, 3.63) is 22.7 Å². The molecule has 18 heavy (non-hydrogen) atoms. The summed E-state index contributed by atoms with van der Waals surface area (Å²) in [5, 5.41) is 5.01. The van der Waals surface area contributed by atoms with Crippen molar-refractivity contribution in [3.8, 4) is 5.75 Å². The maximum Gasteiger partial charge on any atom is 0.143 e. The van der Waals surface area contributed by atoms with Crippen LogP contribution >= 0.6 is 23.4 Å². The summed E-state index contributed by atoms with van der Waals surface area (Å²) in [6.45, 7) is 4.31. The summed E-state index contributed by atoms with van der Waals surface area (Å²) in [6, 6.07) is 4.48. The van der Waals surface area contributed by atoms with Gasteiger partial charge < -0.3 is 10.1 Å². The summed E-state index contributed by atoms with van der Waals surface area (Å²) in [7, 11) is 1.69. The number of hydrogen-bond acceptors (Lipinski definition) is 3. The molecule has 100 valence electrons. The normalized spacial score (nSPS) is 23.8. The van der Waals surface area contributed by atoms with Crippen LogP contribution in [0.25, 0.3) is 0 Å². The predicted molar refractivity (Wildman–Crippen MR) is 81.3 cm³/mol. The first-order chi connectivity index (χ1) is 8.61. The molecule has 4 heteroatoms. The summed E-state index contributed by atoms with van der Waals surface area (Å²) >= 11 is 8.16. The lowest BCUT2D eigenvalue weighted by Crippen LogP contribution is -2.32. The molecule has 1 heterocycles. The average molecular weight is 286 g/mol. The summed E-state index contributed by atoms with van der Waals surface area (Å²) in [6.07, 6.45) is 2.50. The number of halogens is 1. The van der Waals surface area contributed by atoms with Gasteiger partial charge in [0.2, 0.25) is 0 Å². The number of rotatable bonds is 3. The molecule has 2 nitrogen and oxygen atoms in total. The first kappa shape index (κ1) is 13.9. The van der Waals surface area contributed by atoms with Gasteiger partial charge in [0, 0.05) is 22.4 Å². The van der Waals surface area contributed by atoms with E-state index >= 15 is 0 Å². The standard InChI is InChI=1S/C14H20ClNOS/c1-9-7-13(14(17-3)8-11(9)15)16-12-5-4-6-18-10(12)2/h7-8,10,12,16H,4-6H2,1-3H3. The zero-order valence-corrected chi connectivity index (χ0v) is 12.7. The summed E-state index contributed by atoms with van der Waals surface area (Å²) in [5.74, 6) is 2.10. The van der Waals surface area contributed by atoms with E-state index in [1.165, 1.54) is 18.6 Å². The van der Waals surface area contributed by atoms with Crippen molar-refractivity contribution in [2.24, 2.45) is 0 Å². The molecule has 1 aliphatic rings. The highest BCUT2D eigenvalue weighted by molar-refractivity contribution is 8.00. The van der Waals surface area contributed by atoms with E-state index in [-0.39, 0.29) is 0 Å². The second-order valence-corrected chi connectivity index (χ2v) is 6.66. The third kappa shape index (κ3) is 3.07. The number of hydrogen-bond donors (Lipinski definition) is 1. The summed E-state index contributed by atoms with van der Waals surface area (Å²) in [4.78, 5) is 0. The number of methoxy groups -OCH3 is 1. The van der Waals surface area contributed by atoms with Crippen molar-refractivity contribution in [3.63, 3.8) is 0 Å². The van der Waals surface area contributed by atoms with E-state index in [2.05, 4.69) is 18.3 Å². The third-order valence-electron chi connectivity index (χ3n) is 3.43. The highest BCUT2D eigenvalue weighted by Crippen LogP contribution is 2.34. The minimum Gasteiger partial charge on any atom is -0.495 e. The van der Waals surface area contributed by atoms with Gasteiger partial charge in [-0.1, -0.05) is 18.5 Å². The molecule has 0 radical (unpaired) electrons. The number of ether oxygens (including phenoxy) is 1. The highest BCUT2D eigenvalue weighted by Gasteiger charge is 2.22. The Bertz CT molecular complexity index is 425. The Labute approximate surface area is 118 Å². The van der Waals surface area contributed by atoms with Crippen LogP contribution in [0.5, 0.6) is 5.75 Å². The quantitative estimate of drug-likeness (QED) is 0.892. The van der Waals surface area contributed by atoms with Crippen LogP contribution < -0.4 is 10.1 Å². The van der Waals surface area contributed by atoms with Crippen molar-refractivity contribution in [2.75, 3.05) is 18.2 Å². The molecule has 0 spiro atoms. The molecule has 1 N–H and O–H groups in total. The second-order valence-electron chi connectivity index (χ2n) is 4.77. The third-order valence-corrected chi connectivity index (χ3v) is 5.21. The van der Waals surface area contributed by atoms with Gasteiger partial charge >= 0.3 is 0 Å². The maximum atomic E-state index is 6.12. The summed E-state index contributed by atoms with van der Waals surface area (Å²) in [5.41, 5.74) is 2.13. The Morgan fingerprint density at radius 3 is 2.89 bits per heavy atom. The summed E-state index contributed by atoms with van der Waals surface area (Å²) < 4.78 is 5.40. The Hall–Kier alpha value is -0.540. The van der Waals surface area contributed by atoms with Crippen LogP contribution in [-0.2, 0) is 0 Å². The van der Waals surface area contributed by atoms with Crippen LogP contribution in [0.2, 0.25) is 5.02 Å². The van der Waals surface area contributed by atoms with Gasteiger partial charge in [0.25, 0.3) is 0 Å². The molecule has 0 amide bonds. The van der Waals surface area contributed by atoms with E-state index < -0.39 is 0 Å². The molecule has 0 aliphatic carbocycles. The van der Waals surface area contributed by atoms with Crippen LogP contribution in [0.4, 0.5) is 5.69 Å².